The summed E-state index contributed by atoms with van der Waals surface area (Å²) in [5, 5.41) is 12.3. The number of hydrogen-bond acceptors (Lipinski definition) is 8. The SMILES string of the molecule is COC(=O)c1c(NC(=O)CSc2nnc(C(C)Oc3ccccc3)n2C)sc(C)c1C. The van der Waals surface area contributed by atoms with Crippen molar-refractivity contribution in [2.45, 2.75) is 32.0 Å². The van der Waals surface area contributed by atoms with Crippen LogP contribution in [-0.2, 0) is 16.6 Å². The van der Waals surface area contributed by atoms with Gasteiger partial charge in [-0.15, -0.1) is 21.5 Å². The molecule has 1 aromatic carbocycles. The minimum Gasteiger partial charge on any atom is -0.483 e. The molecular formula is C21H24N4O4S2. The van der Waals surface area contributed by atoms with E-state index in [1.165, 1.54) is 30.2 Å². The van der Waals surface area contributed by atoms with Crippen LogP contribution in [0.25, 0.3) is 0 Å². The molecular weight excluding hydrogens is 436 g/mol. The van der Waals surface area contributed by atoms with E-state index in [9.17, 15) is 9.59 Å². The summed E-state index contributed by atoms with van der Waals surface area (Å²) in [6.45, 7) is 5.63. The molecule has 3 rings (SSSR count). The third-order valence-corrected chi connectivity index (χ3v) is 6.79. The summed E-state index contributed by atoms with van der Waals surface area (Å²) < 4.78 is 12.6. The number of aromatic nitrogens is 3. The van der Waals surface area contributed by atoms with E-state index in [1.807, 2.05) is 62.7 Å². The molecule has 8 nitrogen and oxygen atoms in total. The van der Waals surface area contributed by atoms with Gasteiger partial charge < -0.3 is 19.4 Å². The Bertz CT molecular complexity index is 1080. The standard InChI is InChI=1S/C21H24N4O4S2/c1-12-14(3)31-19(17(12)20(27)28-5)22-16(26)11-30-21-24-23-18(25(21)4)13(2)29-15-9-7-6-8-10-15/h6-10,13H,11H2,1-5H3,(H,22,26). The van der Waals surface area contributed by atoms with Gasteiger partial charge >= 0.3 is 5.97 Å². The third kappa shape index (κ3) is 5.26. The molecule has 2 heterocycles. The van der Waals surface area contributed by atoms with Crippen molar-refractivity contribution in [3.05, 3.63) is 52.2 Å². The van der Waals surface area contributed by atoms with Crippen LogP contribution >= 0.6 is 23.1 Å². The molecule has 10 heteroatoms. The van der Waals surface area contributed by atoms with Crippen LogP contribution in [-0.4, -0.2) is 39.5 Å². The first-order chi connectivity index (χ1) is 14.8. The fourth-order valence-corrected chi connectivity index (χ4v) is 4.70. The van der Waals surface area contributed by atoms with Gasteiger partial charge in [0.2, 0.25) is 5.91 Å². The molecule has 0 aliphatic rings. The van der Waals surface area contributed by atoms with E-state index in [0.717, 1.165) is 16.2 Å². The largest absolute Gasteiger partial charge is 0.483 e. The number of hydrogen-bond donors (Lipinski definition) is 1. The van der Waals surface area contributed by atoms with Gasteiger partial charge in [-0.3, -0.25) is 4.79 Å². The molecule has 0 fully saturated rings. The molecule has 0 radical (unpaired) electrons. The maximum Gasteiger partial charge on any atom is 0.341 e. The van der Waals surface area contributed by atoms with E-state index in [0.29, 0.717) is 21.5 Å². The summed E-state index contributed by atoms with van der Waals surface area (Å²) >= 11 is 2.62. The molecule has 164 valence electrons. The molecule has 0 aliphatic carbocycles. The number of thiophene rings is 1. The zero-order chi connectivity index (χ0) is 22.5. The summed E-state index contributed by atoms with van der Waals surface area (Å²) in [4.78, 5) is 25.5. The van der Waals surface area contributed by atoms with Gasteiger partial charge in [-0.1, -0.05) is 30.0 Å². The number of aryl methyl sites for hydroxylation is 1. The molecule has 31 heavy (non-hydrogen) atoms. The number of anilines is 1. The first-order valence-corrected chi connectivity index (χ1v) is 11.3. The van der Waals surface area contributed by atoms with Gasteiger partial charge in [-0.2, -0.15) is 0 Å². The van der Waals surface area contributed by atoms with Crippen molar-refractivity contribution < 1.29 is 19.1 Å². The fourth-order valence-electron chi connectivity index (χ4n) is 2.92. The average molecular weight is 461 g/mol. The van der Waals surface area contributed by atoms with E-state index in [4.69, 9.17) is 9.47 Å². The summed E-state index contributed by atoms with van der Waals surface area (Å²) in [6, 6.07) is 9.49. The lowest BCUT2D eigenvalue weighted by molar-refractivity contribution is -0.113. The van der Waals surface area contributed by atoms with E-state index >= 15 is 0 Å². The molecule has 1 atom stereocenters. The first-order valence-electron chi connectivity index (χ1n) is 9.53. The second-order valence-electron chi connectivity index (χ2n) is 6.79. The van der Waals surface area contributed by atoms with Crippen molar-refractivity contribution in [1.29, 1.82) is 0 Å². The lowest BCUT2D eigenvalue weighted by Gasteiger charge is -2.14. The Labute approximate surface area is 189 Å². The molecule has 2 aromatic heterocycles. The van der Waals surface area contributed by atoms with Gasteiger partial charge in [-0.05, 0) is 38.5 Å². The Morgan fingerprint density at radius 3 is 2.61 bits per heavy atom. The van der Waals surface area contributed by atoms with Crippen LogP contribution < -0.4 is 10.1 Å². The Hall–Kier alpha value is -2.85. The topological polar surface area (TPSA) is 95.3 Å². The number of rotatable bonds is 8. The molecule has 0 spiro atoms. The molecule has 0 saturated heterocycles. The van der Waals surface area contributed by atoms with Crippen LogP contribution in [0.2, 0.25) is 0 Å². The number of ether oxygens (including phenoxy) is 2. The van der Waals surface area contributed by atoms with Gasteiger partial charge in [0.15, 0.2) is 17.1 Å². The van der Waals surface area contributed by atoms with Crippen molar-refractivity contribution in [2.24, 2.45) is 7.05 Å². The number of nitrogens with one attached hydrogen (secondary N) is 1. The monoisotopic (exact) mass is 460 g/mol. The molecule has 1 unspecified atom stereocenters. The fraction of sp³-hybridized carbons (Fsp3) is 0.333. The molecule has 0 saturated carbocycles. The number of benzene rings is 1. The normalized spacial score (nSPS) is 11.8. The lowest BCUT2D eigenvalue weighted by Crippen LogP contribution is -2.16. The third-order valence-electron chi connectivity index (χ3n) is 4.65. The molecule has 0 bridgehead atoms. The first kappa shape index (κ1) is 22.8. The summed E-state index contributed by atoms with van der Waals surface area (Å²) in [5.41, 5.74) is 1.21. The number of methoxy groups -OCH3 is 1. The smallest absolute Gasteiger partial charge is 0.341 e. The van der Waals surface area contributed by atoms with E-state index in [-0.39, 0.29) is 17.8 Å². The zero-order valence-corrected chi connectivity index (χ0v) is 19.6. The quantitative estimate of drug-likeness (QED) is 0.398. The minimum absolute atomic E-state index is 0.122. The van der Waals surface area contributed by atoms with E-state index in [1.54, 1.807) is 0 Å². The van der Waals surface area contributed by atoms with Crippen LogP contribution in [0.15, 0.2) is 35.5 Å². The Balaban J connectivity index is 1.63. The predicted octanol–water partition coefficient (Wildman–Crippen LogP) is 4.15. The Morgan fingerprint density at radius 1 is 1.23 bits per heavy atom. The van der Waals surface area contributed by atoms with Crippen LogP contribution in [0, 0.1) is 13.8 Å². The van der Waals surface area contributed by atoms with Gasteiger partial charge in [-0.25, -0.2) is 4.79 Å². The van der Waals surface area contributed by atoms with Crippen LogP contribution in [0.5, 0.6) is 5.75 Å². The molecule has 1 amide bonds. The maximum absolute atomic E-state index is 12.5. The highest BCUT2D eigenvalue weighted by atomic mass is 32.2. The van der Waals surface area contributed by atoms with Crippen LogP contribution in [0.3, 0.4) is 0 Å². The van der Waals surface area contributed by atoms with Crippen LogP contribution in [0.1, 0.15) is 39.7 Å². The highest BCUT2D eigenvalue weighted by molar-refractivity contribution is 7.99. The number of thioether (sulfide) groups is 1. The zero-order valence-electron chi connectivity index (χ0n) is 18.0. The number of para-hydroxylation sites is 1. The van der Waals surface area contributed by atoms with Crippen molar-refractivity contribution >= 4 is 40.0 Å². The van der Waals surface area contributed by atoms with Gasteiger partial charge in [0, 0.05) is 11.9 Å². The van der Waals surface area contributed by atoms with Crippen molar-refractivity contribution in [1.82, 2.24) is 14.8 Å². The van der Waals surface area contributed by atoms with Gasteiger partial charge in [0.1, 0.15) is 10.8 Å². The Kier molecular flexibility index (Phi) is 7.34. The van der Waals surface area contributed by atoms with Crippen molar-refractivity contribution in [2.75, 3.05) is 18.2 Å². The predicted molar refractivity (Wildman–Crippen MR) is 121 cm³/mol. The Morgan fingerprint density at radius 2 is 1.94 bits per heavy atom. The molecule has 1 N–H and O–H groups in total. The van der Waals surface area contributed by atoms with Gasteiger partial charge in [0.05, 0.1) is 18.4 Å². The highest BCUT2D eigenvalue weighted by Gasteiger charge is 2.22. The highest BCUT2D eigenvalue weighted by Crippen LogP contribution is 2.33. The summed E-state index contributed by atoms with van der Waals surface area (Å²) in [5.74, 6) is 0.819. The molecule has 3 aromatic rings. The maximum atomic E-state index is 12.5. The number of carbonyl (C=O) groups excluding carboxylic acids is 2. The summed E-state index contributed by atoms with van der Waals surface area (Å²) in [7, 11) is 3.16. The van der Waals surface area contributed by atoms with Crippen LogP contribution in [0.4, 0.5) is 5.00 Å². The van der Waals surface area contributed by atoms with E-state index < -0.39 is 5.97 Å². The second kappa shape index (κ2) is 9.97. The van der Waals surface area contributed by atoms with E-state index in [2.05, 4.69) is 15.5 Å². The second-order valence-corrected chi connectivity index (χ2v) is 8.96. The lowest BCUT2D eigenvalue weighted by atomic mass is 10.1. The number of esters is 1. The number of nitrogens with zero attached hydrogens (tertiary/aromatic N) is 3. The average Bonchev–Trinajstić information content (AvgIpc) is 3.25. The molecule has 0 aliphatic heterocycles. The van der Waals surface area contributed by atoms with Gasteiger partial charge in [0.25, 0.3) is 0 Å². The summed E-state index contributed by atoms with van der Waals surface area (Å²) in [6.07, 6.45) is -0.303. The van der Waals surface area contributed by atoms with Crippen molar-refractivity contribution in [3.8, 4) is 5.75 Å². The number of carbonyl (C=O) groups is 2. The van der Waals surface area contributed by atoms with Crippen molar-refractivity contribution in [3.63, 3.8) is 0 Å². The number of amides is 1. The minimum atomic E-state index is -0.463.